The third-order valence-electron chi connectivity index (χ3n) is 3.56. The molecule has 0 aliphatic heterocycles. The van der Waals surface area contributed by atoms with E-state index in [0.29, 0.717) is 31.6 Å². The number of hydrogen-bond donors (Lipinski definition) is 2. The quantitative estimate of drug-likeness (QED) is 0.373. The predicted octanol–water partition coefficient (Wildman–Crippen LogP) is 2.74. The Morgan fingerprint density at radius 1 is 1.16 bits per heavy atom. The van der Waals surface area contributed by atoms with Gasteiger partial charge in [0.25, 0.3) is 5.69 Å². The van der Waals surface area contributed by atoms with Gasteiger partial charge in [-0.05, 0) is 38.1 Å². The van der Waals surface area contributed by atoms with E-state index < -0.39 is 10.0 Å². The second kappa shape index (κ2) is 9.04. The summed E-state index contributed by atoms with van der Waals surface area (Å²) in [5.74, 6) is 0.0873. The summed E-state index contributed by atoms with van der Waals surface area (Å²) in [6.45, 7) is 3.35. The lowest BCUT2D eigenvalue weighted by Gasteiger charge is -2.05. The Balaban J connectivity index is 1.84. The molecule has 1 aromatic heterocycles. The highest BCUT2D eigenvalue weighted by molar-refractivity contribution is 7.89. The maximum Gasteiger partial charge on any atom is 0.278 e. The Hall–Kier alpha value is -1.81. The smallest absolute Gasteiger partial charge is 0.278 e. The van der Waals surface area contributed by atoms with Crippen LogP contribution in [0.25, 0.3) is 10.4 Å². The Labute approximate surface area is 151 Å². The number of sulfonamides is 1. The van der Waals surface area contributed by atoms with Crippen LogP contribution in [-0.4, -0.2) is 32.2 Å². The highest BCUT2D eigenvalue weighted by Crippen LogP contribution is 2.34. The van der Waals surface area contributed by atoms with Crippen LogP contribution in [-0.2, 0) is 16.6 Å². The summed E-state index contributed by atoms with van der Waals surface area (Å²) in [6.07, 6.45) is 0.696. The number of rotatable bonds is 10. The first-order valence-corrected chi connectivity index (χ1v) is 10.4. The van der Waals surface area contributed by atoms with Crippen LogP contribution < -0.4 is 10.0 Å². The van der Waals surface area contributed by atoms with Crippen LogP contribution in [0.15, 0.2) is 36.4 Å². The minimum Gasteiger partial charge on any atom is -0.312 e. The average Bonchev–Trinajstić information content (AvgIpc) is 3.06. The van der Waals surface area contributed by atoms with Crippen molar-refractivity contribution in [2.24, 2.45) is 0 Å². The first-order valence-electron chi connectivity index (χ1n) is 7.93. The molecular weight excluding hydrogens is 362 g/mol. The molecule has 7 nitrogen and oxygen atoms in total. The zero-order valence-corrected chi connectivity index (χ0v) is 15.5. The normalized spacial score (nSPS) is 11.6. The van der Waals surface area contributed by atoms with E-state index in [1.165, 1.54) is 17.4 Å². The SMILES string of the molecule is CCS(=O)(=O)NCCCNCc1ccc(-c2ccccc2[N+](=O)[O-])s1. The van der Waals surface area contributed by atoms with E-state index in [9.17, 15) is 18.5 Å². The molecule has 136 valence electrons. The predicted molar refractivity (Wildman–Crippen MR) is 100 cm³/mol. The molecule has 9 heteroatoms. The summed E-state index contributed by atoms with van der Waals surface area (Å²) in [6, 6.07) is 10.5. The van der Waals surface area contributed by atoms with Crippen molar-refractivity contribution in [3.63, 3.8) is 0 Å². The minimum absolute atomic E-state index is 0.0873. The van der Waals surface area contributed by atoms with Gasteiger partial charge < -0.3 is 5.32 Å². The van der Waals surface area contributed by atoms with Crippen LogP contribution in [0.3, 0.4) is 0 Å². The molecule has 0 bridgehead atoms. The standard InChI is InChI=1S/C16H21N3O4S2/c1-2-25(22,23)18-11-5-10-17-12-13-8-9-16(24-13)14-6-3-4-7-15(14)19(20)21/h3-4,6-9,17-18H,2,5,10-12H2,1H3. The Morgan fingerprint density at radius 2 is 1.92 bits per heavy atom. The molecule has 0 atom stereocenters. The molecule has 0 amide bonds. The number of nitro groups is 1. The van der Waals surface area contributed by atoms with E-state index >= 15 is 0 Å². The topological polar surface area (TPSA) is 101 Å². The number of hydrogen-bond acceptors (Lipinski definition) is 6. The van der Waals surface area contributed by atoms with Crippen molar-refractivity contribution in [3.8, 4) is 10.4 Å². The number of nitro benzene ring substituents is 1. The fourth-order valence-electron chi connectivity index (χ4n) is 2.21. The summed E-state index contributed by atoms with van der Waals surface area (Å²) >= 11 is 1.51. The lowest BCUT2D eigenvalue weighted by Crippen LogP contribution is -2.28. The van der Waals surface area contributed by atoms with Crippen LogP contribution in [0.1, 0.15) is 18.2 Å². The summed E-state index contributed by atoms with van der Waals surface area (Å²) in [4.78, 5) is 12.7. The largest absolute Gasteiger partial charge is 0.312 e. The molecule has 2 rings (SSSR count). The summed E-state index contributed by atoms with van der Waals surface area (Å²) < 4.78 is 25.1. The van der Waals surface area contributed by atoms with E-state index in [-0.39, 0.29) is 16.4 Å². The Morgan fingerprint density at radius 3 is 2.64 bits per heavy atom. The Bertz CT molecular complexity index is 818. The molecule has 2 N–H and O–H groups in total. The van der Waals surface area contributed by atoms with Gasteiger partial charge in [-0.15, -0.1) is 11.3 Å². The van der Waals surface area contributed by atoms with E-state index in [0.717, 1.165) is 9.75 Å². The van der Waals surface area contributed by atoms with Gasteiger partial charge in [-0.2, -0.15) is 0 Å². The minimum atomic E-state index is -3.13. The van der Waals surface area contributed by atoms with Crippen LogP contribution in [0, 0.1) is 10.1 Å². The number of benzene rings is 1. The molecule has 1 aromatic carbocycles. The van der Waals surface area contributed by atoms with Crippen molar-refractivity contribution < 1.29 is 13.3 Å². The van der Waals surface area contributed by atoms with Gasteiger partial charge in [0.1, 0.15) is 0 Å². The molecule has 0 saturated carbocycles. The molecule has 1 heterocycles. The maximum absolute atomic E-state index is 11.3. The summed E-state index contributed by atoms with van der Waals surface area (Å²) in [5, 5.41) is 14.4. The first kappa shape index (κ1) is 19.5. The van der Waals surface area contributed by atoms with Gasteiger partial charge in [-0.25, -0.2) is 13.1 Å². The van der Waals surface area contributed by atoms with Gasteiger partial charge >= 0.3 is 0 Å². The summed E-state index contributed by atoms with van der Waals surface area (Å²) in [7, 11) is -3.13. The molecule has 0 spiro atoms. The second-order valence-corrected chi connectivity index (χ2v) is 8.63. The second-order valence-electron chi connectivity index (χ2n) is 5.37. The van der Waals surface area contributed by atoms with Crippen LogP contribution in [0.4, 0.5) is 5.69 Å². The molecule has 0 aliphatic rings. The monoisotopic (exact) mass is 383 g/mol. The fourth-order valence-corrected chi connectivity index (χ4v) is 3.88. The average molecular weight is 383 g/mol. The zero-order valence-electron chi connectivity index (χ0n) is 13.9. The zero-order chi connectivity index (χ0) is 18.3. The Kier molecular flexibility index (Phi) is 7.06. The van der Waals surface area contributed by atoms with Gasteiger partial charge in [-0.1, -0.05) is 12.1 Å². The van der Waals surface area contributed by atoms with Crippen molar-refractivity contribution >= 4 is 27.0 Å². The van der Waals surface area contributed by atoms with E-state index in [4.69, 9.17) is 0 Å². The maximum atomic E-state index is 11.3. The van der Waals surface area contributed by atoms with Gasteiger partial charge in [0, 0.05) is 28.9 Å². The molecule has 25 heavy (non-hydrogen) atoms. The van der Waals surface area contributed by atoms with Crippen LogP contribution in [0.5, 0.6) is 0 Å². The molecular formula is C16H21N3O4S2. The number of nitrogens with zero attached hydrogens (tertiary/aromatic N) is 1. The highest BCUT2D eigenvalue weighted by Gasteiger charge is 2.15. The van der Waals surface area contributed by atoms with Crippen LogP contribution in [0.2, 0.25) is 0 Å². The van der Waals surface area contributed by atoms with E-state index in [1.54, 1.807) is 25.1 Å². The van der Waals surface area contributed by atoms with Crippen molar-refractivity contribution in [1.82, 2.24) is 10.0 Å². The van der Waals surface area contributed by atoms with Gasteiger partial charge in [0.15, 0.2) is 0 Å². The van der Waals surface area contributed by atoms with Crippen LogP contribution >= 0.6 is 11.3 Å². The molecule has 0 radical (unpaired) electrons. The van der Waals surface area contributed by atoms with E-state index in [1.807, 2.05) is 12.1 Å². The lowest BCUT2D eigenvalue weighted by molar-refractivity contribution is -0.384. The van der Waals surface area contributed by atoms with Crippen molar-refractivity contribution in [2.75, 3.05) is 18.8 Å². The number of para-hydroxylation sites is 1. The highest BCUT2D eigenvalue weighted by atomic mass is 32.2. The number of nitrogens with one attached hydrogen (secondary N) is 2. The van der Waals surface area contributed by atoms with Gasteiger partial charge in [-0.3, -0.25) is 10.1 Å². The lowest BCUT2D eigenvalue weighted by atomic mass is 10.1. The van der Waals surface area contributed by atoms with Gasteiger partial charge in [0.05, 0.1) is 16.2 Å². The molecule has 0 unspecified atom stereocenters. The summed E-state index contributed by atoms with van der Waals surface area (Å²) in [5.41, 5.74) is 0.727. The van der Waals surface area contributed by atoms with Gasteiger partial charge in [0.2, 0.25) is 10.0 Å². The first-order chi connectivity index (χ1) is 11.9. The van der Waals surface area contributed by atoms with Crippen molar-refractivity contribution in [1.29, 1.82) is 0 Å². The van der Waals surface area contributed by atoms with Crippen molar-refractivity contribution in [2.45, 2.75) is 19.9 Å². The third kappa shape index (κ3) is 5.89. The molecule has 2 aromatic rings. The molecule has 0 fully saturated rings. The fraction of sp³-hybridized carbons (Fsp3) is 0.375. The third-order valence-corrected chi connectivity index (χ3v) is 6.08. The van der Waals surface area contributed by atoms with E-state index in [2.05, 4.69) is 10.0 Å². The molecule has 0 saturated heterocycles. The van der Waals surface area contributed by atoms with Crippen molar-refractivity contribution in [3.05, 3.63) is 51.4 Å². The number of thiophene rings is 1. The molecule has 0 aliphatic carbocycles.